The van der Waals surface area contributed by atoms with Crippen molar-refractivity contribution in [2.45, 2.75) is 0 Å². The van der Waals surface area contributed by atoms with Crippen molar-refractivity contribution < 1.29 is 9.90 Å². The lowest BCUT2D eigenvalue weighted by Gasteiger charge is -1.99. The van der Waals surface area contributed by atoms with E-state index in [0.29, 0.717) is 5.56 Å². The normalized spacial score (nSPS) is 9.42. The molecule has 0 spiro atoms. The summed E-state index contributed by atoms with van der Waals surface area (Å²) in [5.41, 5.74) is 0.580. The van der Waals surface area contributed by atoms with Gasteiger partial charge in [-0.2, -0.15) is 0 Å². The highest BCUT2D eigenvalue weighted by Crippen LogP contribution is 2.13. The minimum absolute atomic E-state index is 0.106. The molecule has 3 nitrogen and oxygen atoms in total. The van der Waals surface area contributed by atoms with Gasteiger partial charge in [0.1, 0.15) is 5.15 Å². The first-order valence-electron chi connectivity index (χ1n) is 3.16. The molecule has 12 heavy (non-hydrogen) atoms. The number of rotatable bonds is 2. The molecule has 0 aliphatic carbocycles. The molecule has 0 fully saturated rings. The molecule has 0 radical (unpaired) electrons. The molecule has 4 heteroatoms. The van der Waals surface area contributed by atoms with E-state index in [2.05, 4.69) is 11.6 Å². The van der Waals surface area contributed by atoms with Crippen molar-refractivity contribution in [3.63, 3.8) is 0 Å². The Morgan fingerprint density at radius 1 is 1.75 bits per heavy atom. The van der Waals surface area contributed by atoms with E-state index in [-0.39, 0.29) is 10.7 Å². The maximum absolute atomic E-state index is 10.6. The molecule has 1 aromatic rings. The van der Waals surface area contributed by atoms with Gasteiger partial charge in [0, 0.05) is 6.20 Å². The first-order valence-corrected chi connectivity index (χ1v) is 3.54. The molecule has 0 amide bonds. The van der Waals surface area contributed by atoms with Crippen LogP contribution in [-0.4, -0.2) is 16.1 Å². The van der Waals surface area contributed by atoms with Crippen LogP contribution < -0.4 is 0 Å². The molecule has 1 N–H and O–H groups in total. The molecule has 0 unspecified atom stereocenters. The molecule has 62 valence electrons. The number of halogens is 1. The zero-order valence-electron chi connectivity index (χ0n) is 6.12. The first kappa shape index (κ1) is 8.74. The molecular weight excluding hydrogens is 178 g/mol. The third-order valence-corrected chi connectivity index (χ3v) is 1.56. The molecule has 0 aliphatic rings. The van der Waals surface area contributed by atoms with Crippen molar-refractivity contribution >= 4 is 23.6 Å². The van der Waals surface area contributed by atoms with Gasteiger partial charge in [-0.05, 0) is 11.6 Å². The van der Waals surface area contributed by atoms with E-state index < -0.39 is 5.97 Å². The van der Waals surface area contributed by atoms with E-state index in [9.17, 15) is 4.79 Å². The number of aromatic nitrogens is 1. The number of carbonyl (C=O) groups is 1. The predicted octanol–water partition coefficient (Wildman–Crippen LogP) is 2.08. The second-order valence-corrected chi connectivity index (χ2v) is 2.49. The van der Waals surface area contributed by atoms with Gasteiger partial charge < -0.3 is 5.11 Å². The van der Waals surface area contributed by atoms with Gasteiger partial charge in [-0.1, -0.05) is 24.3 Å². The zero-order valence-corrected chi connectivity index (χ0v) is 6.88. The highest BCUT2D eigenvalue weighted by Gasteiger charge is 2.07. The molecule has 0 aliphatic heterocycles. The summed E-state index contributed by atoms with van der Waals surface area (Å²) in [5, 5.41) is 8.92. The summed E-state index contributed by atoms with van der Waals surface area (Å²) in [5.74, 6) is -1.03. The van der Waals surface area contributed by atoms with Gasteiger partial charge in [-0.3, -0.25) is 0 Å². The van der Waals surface area contributed by atoms with E-state index in [1.807, 2.05) is 0 Å². The first-order chi connectivity index (χ1) is 5.65. The van der Waals surface area contributed by atoms with Crippen LogP contribution in [0, 0.1) is 0 Å². The Morgan fingerprint density at radius 2 is 2.42 bits per heavy atom. The molecular formula is C8H6ClNO2. The molecule has 1 aromatic heterocycles. The second kappa shape index (κ2) is 3.36. The minimum atomic E-state index is -1.03. The number of carboxylic acids is 1. The monoisotopic (exact) mass is 183 g/mol. The molecule has 0 saturated heterocycles. The van der Waals surface area contributed by atoms with Gasteiger partial charge in [0.2, 0.25) is 0 Å². The Balaban J connectivity index is 3.29. The zero-order chi connectivity index (χ0) is 9.14. The predicted molar refractivity (Wildman–Crippen MR) is 46.3 cm³/mol. The summed E-state index contributed by atoms with van der Waals surface area (Å²) in [6, 6.07) is 1.46. The molecule has 0 saturated carbocycles. The summed E-state index contributed by atoms with van der Waals surface area (Å²) in [4.78, 5) is 14.2. The van der Waals surface area contributed by atoms with Gasteiger partial charge in [0.05, 0.1) is 5.56 Å². The number of hydrogen-bond acceptors (Lipinski definition) is 2. The van der Waals surface area contributed by atoms with Crippen LogP contribution in [0.2, 0.25) is 5.15 Å². The highest BCUT2D eigenvalue weighted by molar-refractivity contribution is 6.29. The van der Waals surface area contributed by atoms with Crippen LogP contribution in [-0.2, 0) is 0 Å². The summed E-state index contributed by atoms with van der Waals surface area (Å²) < 4.78 is 0. The third kappa shape index (κ3) is 1.62. The number of aromatic carboxylic acids is 1. The standard InChI is InChI=1S/C8H6ClNO2/c1-2-5-3-7(9)10-4-6(5)8(11)12/h2-4H,1H2,(H,11,12). The summed E-state index contributed by atoms with van der Waals surface area (Å²) >= 11 is 5.55. The van der Waals surface area contributed by atoms with Gasteiger partial charge >= 0.3 is 5.97 Å². The average Bonchev–Trinajstić information content (AvgIpc) is 2.03. The number of hydrogen-bond donors (Lipinski definition) is 1. The Bertz CT molecular complexity index is 336. The fraction of sp³-hybridized carbons (Fsp3) is 0. The number of nitrogens with zero attached hydrogens (tertiary/aromatic N) is 1. The summed E-state index contributed by atoms with van der Waals surface area (Å²) in [6.45, 7) is 3.47. The molecule has 1 rings (SSSR count). The lowest BCUT2D eigenvalue weighted by molar-refractivity contribution is 0.0696. The van der Waals surface area contributed by atoms with E-state index in [1.165, 1.54) is 18.3 Å². The lowest BCUT2D eigenvalue weighted by atomic mass is 10.1. The minimum Gasteiger partial charge on any atom is -0.478 e. The van der Waals surface area contributed by atoms with Crippen LogP contribution in [0.15, 0.2) is 18.8 Å². The van der Waals surface area contributed by atoms with Crippen molar-refractivity contribution in [2.75, 3.05) is 0 Å². The van der Waals surface area contributed by atoms with Crippen molar-refractivity contribution in [3.05, 3.63) is 35.1 Å². The second-order valence-electron chi connectivity index (χ2n) is 2.10. The fourth-order valence-electron chi connectivity index (χ4n) is 0.792. The molecule has 0 bridgehead atoms. The number of pyridine rings is 1. The Morgan fingerprint density at radius 3 is 2.92 bits per heavy atom. The van der Waals surface area contributed by atoms with Crippen LogP contribution in [0.25, 0.3) is 6.08 Å². The van der Waals surface area contributed by atoms with Crippen LogP contribution >= 0.6 is 11.6 Å². The molecule has 0 aromatic carbocycles. The van der Waals surface area contributed by atoms with Crippen LogP contribution in [0.4, 0.5) is 0 Å². The van der Waals surface area contributed by atoms with Gasteiger partial charge in [-0.25, -0.2) is 9.78 Å². The average molecular weight is 184 g/mol. The fourth-order valence-corrected chi connectivity index (χ4v) is 0.958. The van der Waals surface area contributed by atoms with Crippen molar-refractivity contribution in [2.24, 2.45) is 0 Å². The van der Waals surface area contributed by atoms with Crippen molar-refractivity contribution in [3.8, 4) is 0 Å². The maximum Gasteiger partial charge on any atom is 0.337 e. The molecule has 0 atom stereocenters. The van der Waals surface area contributed by atoms with E-state index >= 15 is 0 Å². The van der Waals surface area contributed by atoms with E-state index in [1.54, 1.807) is 0 Å². The van der Waals surface area contributed by atoms with Crippen LogP contribution in [0.3, 0.4) is 0 Å². The van der Waals surface area contributed by atoms with Crippen molar-refractivity contribution in [1.29, 1.82) is 0 Å². The Kier molecular flexibility index (Phi) is 2.45. The van der Waals surface area contributed by atoms with Gasteiger partial charge in [0.15, 0.2) is 0 Å². The third-order valence-electron chi connectivity index (χ3n) is 1.35. The topological polar surface area (TPSA) is 50.2 Å². The smallest absolute Gasteiger partial charge is 0.337 e. The SMILES string of the molecule is C=Cc1cc(Cl)ncc1C(=O)O. The quantitative estimate of drug-likeness (QED) is 0.715. The Hall–Kier alpha value is -1.35. The highest BCUT2D eigenvalue weighted by atomic mass is 35.5. The van der Waals surface area contributed by atoms with Crippen LogP contribution in [0.1, 0.15) is 15.9 Å². The largest absolute Gasteiger partial charge is 0.478 e. The van der Waals surface area contributed by atoms with Crippen molar-refractivity contribution in [1.82, 2.24) is 4.98 Å². The van der Waals surface area contributed by atoms with E-state index in [0.717, 1.165) is 0 Å². The van der Waals surface area contributed by atoms with E-state index in [4.69, 9.17) is 16.7 Å². The van der Waals surface area contributed by atoms with Gasteiger partial charge in [-0.15, -0.1) is 0 Å². The molecule has 1 heterocycles. The summed E-state index contributed by atoms with van der Waals surface area (Å²) in [6.07, 6.45) is 2.64. The van der Waals surface area contributed by atoms with Gasteiger partial charge in [0.25, 0.3) is 0 Å². The maximum atomic E-state index is 10.6. The lowest BCUT2D eigenvalue weighted by Crippen LogP contribution is -2.00. The van der Waals surface area contributed by atoms with Crippen LogP contribution in [0.5, 0.6) is 0 Å². The summed E-state index contributed by atoms with van der Waals surface area (Å²) in [7, 11) is 0. The Labute approximate surface area is 74.3 Å². The number of carboxylic acid groups (broad SMARTS) is 1.